The summed E-state index contributed by atoms with van der Waals surface area (Å²) in [6, 6.07) is 12.2. The number of ether oxygens (including phenoxy) is 1. The van der Waals surface area contributed by atoms with Gasteiger partial charge >= 0.3 is 0 Å². The van der Waals surface area contributed by atoms with Gasteiger partial charge in [0.2, 0.25) is 0 Å². The summed E-state index contributed by atoms with van der Waals surface area (Å²) in [4.78, 5) is 11.3. The molecule has 1 amide bonds. The van der Waals surface area contributed by atoms with Crippen molar-refractivity contribution in [2.75, 3.05) is 0 Å². The molecule has 19 heavy (non-hydrogen) atoms. The SMILES string of the molecule is Cc1ccc(C(N)=O)c(Oc2cccc(CO)c2)c1. The van der Waals surface area contributed by atoms with Crippen molar-refractivity contribution in [3.8, 4) is 11.5 Å². The lowest BCUT2D eigenvalue weighted by atomic mass is 10.1. The average molecular weight is 257 g/mol. The molecule has 0 saturated carbocycles. The van der Waals surface area contributed by atoms with Crippen molar-refractivity contribution < 1.29 is 14.6 Å². The molecule has 0 aromatic heterocycles. The maximum Gasteiger partial charge on any atom is 0.252 e. The molecule has 0 heterocycles. The summed E-state index contributed by atoms with van der Waals surface area (Å²) in [5, 5.41) is 9.09. The highest BCUT2D eigenvalue weighted by Gasteiger charge is 2.10. The lowest BCUT2D eigenvalue weighted by Crippen LogP contribution is -2.12. The zero-order chi connectivity index (χ0) is 13.8. The van der Waals surface area contributed by atoms with Gasteiger partial charge in [0.25, 0.3) is 5.91 Å². The van der Waals surface area contributed by atoms with E-state index in [0.717, 1.165) is 11.1 Å². The maximum absolute atomic E-state index is 11.3. The van der Waals surface area contributed by atoms with Crippen LogP contribution in [0, 0.1) is 6.92 Å². The normalized spacial score (nSPS) is 10.2. The largest absolute Gasteiger partial charge is 0.457 e. The first kappa shape index (κ1) is 13.1. The number of aliphatic hydroxyl groups excluding tert-OH is 1. The second kappa shape index (κ2) is 5.54. The van der Waals surface area contributed by atoms with Crippen LogP contribution in [0.15, 0.2) is 42.5 Å². The topological polar surface area (TPSA) is 72.6 Å². The number of nitrogens with two attached hydrogens (primary N) is 1. The van der Waals surface area contributed by atoms with E-state index in [0.29, 0.717) is 17.1 Å². The van der Waals surface area contributed by atoms with Crippen LogP contribution in [-0.2, 0) is 6.61 Å². The third-order valence-corrected chi connectivity index (χ3v) is 2.71. The molecule has 98 valence electrons. The van der Waals surface area contributed by atoms with Crippen LogP contribution in [0.1, 0.15) is 21.5 Å². The van der Waals surface area contributed by atoms with Gasteiger partial charge in [-0.15, -0.1) is 0 Å². The molecule has 0 aliphatic heterocycles. The molecule has 2 aromatic carbocycles. The Morgan fingerprint density at radius 3 is 2.74 bits per heavy atom. The smallest absolute Gasteiger partial charge is 0.252 e. The third kappa shape index (κ3) is 3.11. The van der Waals surface area contributed by atoms with E-state index >= 15 is 0 Å². The number of amides is 1. The van der Waals surface area contributed by atoms with Crippen LogP contribution < -0.4 is 10.5 Å². The molecular formula is C15H15NO3. The first-order chi connectivity index (χ1) is 9.10. The van der Waals surface area contributed by atoms with Crippen molar-refractivity contribution in [2.45, 2.75) is 13.5 Å². The monoisotopic (exact) mass is 257 g/mol. The molecule has 0 bridgehead atoms. The molecule has 0 atom stereocenters. The van der Waals surface area contributed by atoms with Crippen molar-refractivity contribution in [3.63, 3.8) is 0 Å². The van der Waals surface area contributed by atoms with Gasteiger partial charge in [-0.2, -0.15) is 0 Å². The molecule has 0 spiro atoms. The number of hydrogen-bond acceptors (Lipinski definition) is 3. The Labute approximate surface area is 111 Å². The Morgan fingerprint density at radius 2 is 2.05 bits per heavy atom. The minimum Gasteiger partial charge on any atom is -0.457 e. The fraction of sp³-hybridized carbons (Fsp3) is 0.133. The summed E-state index contributed by atoms with van der Waals surface area (Å²) in [5.41, 5.74) is 7.36. The number of carbonyl (C=O) groups is 1. The molecule has 0 aliphatic carbocycles. The van der Waals surface area contributed by atoms with Gasteiger partial charge in [0.05, 0.1) is 12.2 Å². The van der Waals surface area contributed by atoms with Gasteiger partial charge in [-0.05, 0) is 42.3 Å². The summed E-state index contributed by atoms with van der Waals surface area (Å²) in [5.74, 6) is 0.440. The van der Waals surface area contributed by atoms with E-state index in [1.807, 2.05) is 6.92 Å². The summed E-state index contributed by atoms with van der Waals surface area (Å²) in [6.07, 6.45) is 0. The van der Waals surface area contributed by atoms with Crippen LogP contribution in [0.2, 0.25) is 0 Å². The first-order valence-electron chi connectivity index (χ1n) is 5.88. The van der Waals surface area contributed by atoms with Gasteiger partial charge < -0.3 is 15.6 Å². The molecule has 0 unspecified atom stereocenters. The minimum atomic E-state index is -0.534. The van der Waals surface area contributed by atoms with E-state index in [1.165, 1.54) is 0 Å². The van der Waals surface area contributed by atoms with Gasteiger partial charge in [-0.1, -0.05) is 18.2 Å². The number of primary amides is 1. The van der Waals surface area contributed by atoms with Crippen LogP contribution in [0.25, 0.3) is 0 Å². The summed E-state index contributed by atoms with van der Waals surface area (Å²) in [7, 11) is 0. The molecule has 2 rings (SSSR count). The van der Waals surface area contributed by atoms with Gasteiger partial charge in [-0.25, -0.2) is 0 Å². The molecule has 0 saturated heterocycles. The number of aryl methyl sites for hydroxylation is 1. The minimum absolute atomic E-state index is 0.0618. The van der Waals surface area contributed by atoms with Crippen molar-refractivity contribution >= 4 is 5.91 Å². The van der Waals surface area contributed by atoms with Crippen molar-refractivity contribution in [2.24, 2.45) is 5.73 Å². The van der Waals surface area contributed by atoms with Gasteiger partial charge in [-0.3, -0.25) is 4.79 Å². The summed E-state index contributed by atoms with van der Waals surface area (Å²) in [6.45, 7) is 1.84. The van der Waals surface area contributed by atoms with Gasteiger partial charge in [0.1, 0.15) is 11.5 Å². The van der Waals surface area contributed by atoms with Crippen LogP contribution >= 0.6 is 0 Å². The number of carbonyl (C=O) groups excluding carboxylic acids is 1. The van der Waals surface area contributed by atoms with E-state index in [1.54, 1.807) is 42.5 Å². The molecule has 4 heteroatoms. The van der Waals surface area contributed by atoms with Crippen LogP contribution in [-0.4, -0.2) is 11.0 Å². The number of rotatable bonds is 4. The molecule has 4 nitrogen and oxygen atoms in total. The van der Waals surface area contributed by atoms with E-state index in [-0.39, 0.29) is 6.61 Å². The second-order valence-corrected chi connectivity index (χ2v) is 4.27. The Hall–Kier alpha value is -2.33. The van der Waals surface area contributed by atoms with Gasteiger partial charge in [0, 0.05) is 0 Å². The Kier molecular flexibility index (Phi) is 3.82. The van der Waals surface area contributed by atoms with E-state index in [9.17, 15) is 4.79 Å². The average Bonchev–Trinajstić information content (AvgIpc) is 2.38. The quantitative estimate of drug-likeness (QED) is 0.883. The predicted octanol–water partition coefficient (Wildman–Crippen LogP) is 2.38. The second-order valence-electron chi connectivity index (χ2n) is 4.27. The zero-order valence-corrected chi connectivity index (χ0v) is 10.6. The predicted molar refractivity (Wildman–Crippen MR) is 72.1 cm³/mol. The molecule has 0 radical (unpaired) electrons. The standard InChI is InChI=1S/C15H15NO3/c1-10-5-6-13(15(16)18)14(7-10)19-12-4-2-3-11(8-12)9-17/h2-8,17H,9H2,1H3,(H2,16,18). The van der Waals surface area contributed by atoms with Crippen LogP contribution in [0.3, 0.4) is 0 Å². The van der Waals surface area contributed by atoms with E-state index in [4.69, 9.17) is 15.6 Å². The van der Waals surface area contributed by atoms with Crippen molar-refractivity contribution in [1.82, 2.24) is 0 Å². The van der Waals surface area contributed by atoms with E-state index < -0.39 is 5.91 Å². The Bertz CT molecular complexity index is 608. The molecule has 2 aromatic rings. The van der Waals surface area contributed by atoms with Crippen molar-refractivity contribution in [3.05, 3.63) is 59.2 Å². The van der Waals surface area contributed by atoms with Gasteiger partial charge in [0.15, 0.2) is 0 Å². The highest BCUT2D eigenvalue weighted by atomic mass is 16.5. The summed E-state index contributed by atoms with van der Waals surface area (Å²) >= 11 is 0. The van der Waals surface area contributed by atoms with Crippen LogP contribution in [0.4, 0.5) is 0 Å². The van der Waals surface area contributed by atoms with E-state index in [2.05, 4.69) is 0 Å². The Balaban J connectivity index is 2.36. The molecule has 0 aliphatic rings. The Morgan fingerprint density at radius 1 is 1.26 bits per heavy atom. The maximum atomic E-state index is 11.3. The third-order valence-electron chi connectivity index (χ3n) is 2.71. The number of hydrogen-bond donors (Lipinski definition) is 2. The highest BCUT2D eigenvalue weighted by Crippen LogP contribution is 2.27. The zero-order valence-electron chi connectivity index (χ0n) is 10.6. The lowest BCUT2D eigenvalue weighted by Gasteiger charge is -2.10. The lowest BCUT2D eigenvalue weighted by molar-refractivity contribution is 0.0998. The van der Waals surface area contributed by atoms with Crippen LogP contribution in [0.5, 0.6) is 11.5 Å². The van der Waals surface area contributed by atoms with Crippen molar-refractivity contribution in [1.29, 1.82) is 0 Å². The first-order valence-corrected chi connectivity index (χ1v) is 5.88. The highest BCUT2D eigenvalue weighted by molar-refractivity contribution is 5.95. The number of aliphatic hydroxyl groups is 1. The number of benzene rings is 2. The summed E-state index contributed by atoms with van der Waals surface area (Å²) < 4.78 is 5.68. The fourth-order valence-electron chi connectivity index (χ4n) is 1.75. The fourth-order valence-corrected chi connectivity index (χ4v) is 1.75. The molecule has 0 fully saturated rings. The molecular weight excluding hydrogens is 242 g/mol. The molecule has 3 N–H and O–H groups in total.